The number of hydrogen-bond donors (Lipinski definition) is 3. The number of allylic oxidation sites excluding steroid dienone is 1. The average molecular weight is 418 g/mol. The normalized spacial score (nSPS) is 15.0. The van der Waals surface area contributed by atoms with Gasteiger partial charge in [0.25, 0.3) is 5.91 Å². The molecule has 3 N–H and O–H groups in total. The van der Waals surface area contributed by atoms with Crippen LogP contribution in [-0.2, 0) is 9.59 Å². The van der Waals surface area contributed by atoms with Crippen LogP contribution in [-0.4, -0.2) is 33.7 Å². The highest BCUT2D eigenvalue weighted by molar-refractivity contribution is 6.06. The van der Waals surface area contributed by atoms with Gasteiger partial charge in [-0.2, -0.15) is 10.1 Å². The Hall–Kier alpha value is -4.14. The van der Waals surface area contributed by atoms with Gasteiger partial charge in [-0.15, -0.1) is 0 Å². The minimum Gasteiger partial charge on any atom is -0.497 e. The summed E-state index contributed by atoms with van der Waals surface area (Å²) < 4.78 is 6.84. The Morgan fingerprint density at radius 3 is 2.32 bits per heavy atom. The van der Waals surface area contributed by atoms with Crippen molar-refractivity contribution in [3.8, 4) is 5.75 Å². The number of amides is 2. The molecule has 0 fully saturated rings. The lowest BCUT2D eigenvalue weighted by molar-refractivity contribution is -0.114. The molecule has 2 amide bonds. The zero-order valence-corrected chi connectivity index (χ0v) is 17.3. The Balaban J connectivity index is 1.68. The highest BCUT2D eigenvalue weighted by Gasteiger charge is 2.33. The van der Waals surface area contributed by atoms with E-state index >= 15 is 0 Å². The molecular weight excluding hydrogens is 396 g/mol. The van der Waals surface area contributed by atoms with Gasteiger partial charge in [-0.25, -0.2) is 4.68 Å². The number of nitrogens with zero attached hydrogens (tertiary/aromatic N) is 3. The molecule has 158 valence electrons. The summed E-state index contributed by atoms with van der Waals surface area (Å²) in [6, 6.07) is 14.0. The van der Waals surface area contributed by atoms with Gasteiger partial charge in [0, 0.05) is 24.0 Å². The smallest absolute Gasteiger partial charge is 0.255 e. The molecule has 4 rings (SSSR count). The Kier molecular flexibility index (Phi) is 5.40. The fraction of sp³-hybridized carbons (Fsp3) is 0.182. The second-order valence-electron chi connectivity index (χ2n) is 7.08. The molecule has 2 aromatic carbocycles. The third-order valence-electron chi connectivity index (χ3n) is 4.93. The molecule has 1 aliphatic heterocycles. The maximum atomic E-state index is 13.3. The van der Waals surface area contributed by atoms with Crippen molar-refractivity contribution >= 4 is 29.1 Å². The minimum absolute atomic E-state index is 0.150. The second-order valence-corrected chi connectivity index (χ2v) is 7.08. The molecule has 31 heavy (non-hydrogen) atoms. The molecule has 1 atom stereocenters. The number of carbonyl (C=O) groups excluding carboxylic acids is 2. The number of anilines is 3. The van der Waals surface area contributed by atoms with Crippen LogP contribution in [0.15, 0.2) is 66.1 Å². The molecule has 2 heterocycles. The number of hydrogen-bond acceptors (Lipinski definition) is 6. The SMILES string of the molecule is COc1ccc(NC(=O)C2=C(C)Nc3ncnn3C2c2ccc(NC(C)=O)cc2)cc1. The van der Waals surface area contributed by atoms with Crippen LogP contribution in [0, 0.1) is 0 Å². The van der Waals surface area contributed by atoms with Gasteiger partial charge in [0.2, 0.25) is 11.9 Å². The topological polar surface area (TPSA) is 110 Å². The van der Waals surface area contributed by atoms with Gasteiger partial charge < -0.3 is 20.7 Å². The number of methoxy groups -OCH3 is 1. The average Bonchev–Trinajstić information content (AvgIpc) is 3.21. The predicted molar refractivity (Wildman–Crippen MR) is 117 cm³/mol. The fourth-order valence-electron chi connectivity index (χ4n) is 3.52. The molecule has 1 aliphatic rings. The first-order valence-electron chi connectivity index (χ1n) is 9.66. The predicted octanol–water partition coefficient (Wildman–Crippen LogP) is 3.17. The second kappa shape index (κ2) is 8.31. The van der Waals surface area contributed by atoms with Crippen LogP contribution in [0.3, 0.4) is 0 Å². The number of ether oxygens (including phenoxy) is 1. The molecule has 1 unspecified atom stereocenters. The maximum Gasteiger partial charge on any atom is 0.255 e. The van der Waals surface area contributed by atoms with Crippen LogP contribution >= 0.6 is 0 Å². The lowest BCUT2D eigenvalue weighted by Gasteiger charge is -2.28. The molecule has 3 aromatic rings. The maximum absolute atomic E-state index is 13.3. The molecule has 0 radical (unpaired) electrons. The zero-order valence-electron chi connectivity index (χ0n) is 17.3. The first-order valence-corrected chi connectivity index (χ1v) is 9.66. The molecule has 0 aliphatic carbocycles. The summed E-state index contributed by atoms with van der Waals surface area (Å²) in [5, 5.41) is 13.2. The summed E-state index contributed by atoms with van der Waals surface area (Å²) in [5.74, 6) is 0.849. The molecule has 9 nitrogen and oxygen atoms in total. The Bertz CT molecular complexity index is 1150. The van der Waals surface area contributed by atoms with E-state index in [0.717, 1.165) is 5.56 Å². The zero-order chi connectivity index (χ0) is 22.0. The van der Waals surface area contributed by atoms with Crippen LogP contribution in [0.5, 0.6) is 5.75 Å². The minimum atomic E-state index is -0.483. The van der Waals surface area contributed by atoms with Crippen molar-refractivity contribution < 1.29 is 14.3 Å². The molecule has 1 aromatic heterocycles. The number of fused-ring (bicyclic) bond motifs is 1. The highest BCUT2D eigenvalue weighted by atomic mass is 16.5. The molecule has 9 heteroatoms. The van der Waals surface area contributed by atoms with Gasteiger partial charge >= 0.3 is 0 Å². The van der Waals surface area contributed by atoms with E-state index in [1.165, 1.54) is 13.3 Å². The van der Waals surface area contributed by atoms with Crippen molar-refractivity contribution in [2.45, 2.75) is 19.9 Å². The monoisotopic (exact) mass is 418 g/mol. The van der Waals surface area contributed by atoms with Gasteiger partial charge in [-0.1, -0.05) is 12.1 Å². The number of rotatable bonds is 5. The number of aromatic nitrogens is 3. The van der Waals surface area contributed by atoms with Crippen LogP contribution in [0.2, 0.25) is 0 Å². The molecule has 0 saturated carbocycles. The Labute approximate surface area is 179 Å². The first-order chi connectivity index (χ1) is 15.0. The quantitative estimate of drug-likeness (QED) is 0.587. The summed E-state index contributed by atoms with van der Waals surface area (Å²) in [5.41, 5.74) is 3.36. The largest absolute Gasteiger partial charge is 0.497 e. The van der Waals surface area contributed by atoms with Gasteiger partial charge in [0.1, 0.15) is 18.1 Å². The lowest BCUT2D eigenvalue weighted by Crippen LogP contribution is -2.31. The number of nitrogens with one attached hydrogen (secondary N) is 3. The summed E-state index contributed by atoms with van der Waals surface area (Å²) in [6.45, 7) is 3.29. The van der Waals surface area contributed by atoms with E-state index in [1.54, 1.807) is 48.2 Å². The standard InChI is InChI=1S/C22H22N6O3/c1-13-19(21(30)27-17-8-10-18(31-3)11-9-17)20(28-22(25-13)23-12-24-28)15-4-6-16(7-5-15)26-14(2)29/h4-12,20H,1-3H3,(H,26,29)(H,27,30)(H,23,24,25). The van der Waals surface area contributed by atoms with Crippen LogP contribution in [0.4, 0.5) is 17.3 Å². The summed E-state index contributed by atoms with van der Waals surface area (Å²) in [7, 11) is 1.59. The van der Waals surface area contributed by atoms with Crippen molar-refractivity contribution in [2.24, 2.45) is 0 Å². The number of benzene rings is 2. The van der Waals surface area contributed by atoms with Gasteiger partial charge in [-0.05, 0) is 48.9 Å². The molecule has 0 spiro atoms. The summed E-state index contributed by atoms with van der Waals surface area (Å²) in [6.07, 6.45) is 1.44. The van der Waals surface area contributed by atoms with Crippen molar-refractivity contribution in [1.82, 2.24) is 14.8 Å². The third-order valence-corrected chi connectivity index (χ3v) is 4.93. The van der Waals surface area contributed by atoms with Crippen molar-refractivity contribution in [3.63, 3.8) is 0 Å². The van der Waals surface area contributed by atoms with E-state index in [4.69, 9.17) is 4.74 Å². The molecule has 0 bridgehead atoms. The van der Waals surface area contributed by atoms with E-state index in [0.29, 0.717) is 34.3 Å². The Morgan fingerprint density at radius 1 is 1.03 bits per heavy atom. The summed E-state index contributed by atoms with van der Waals surface area (Å²) in [4.78, 5) is 28.9. The molecule has 0 saturated heterocycles. The number of carbonyl (C=O) groups is 2. The van der Waals surface area contributed by atoms with Crippen molar-refractivity contribution in [2.75, 3.05) is 23.1 Å². The Morgan fingerprint density at radius 2 is 1.68 bits per heavy atom. The van der Waals surface area contributed by atoms with E-state index in [1.807, 2.05) is 19.1 Å². The van der Waals surface area contributed by atoms with E-state index < -0.39 is 6.04 Å². The first kappa shape index (κ1) is 20.1. The summed E-state index contributed by atoms with van der Waals surface area (Å²) >= 11 is 0. The van der Waals surface area contributed by atoms with Gasteiger partial charge in [0.15, 0.2) is 0 Å². The highest BCUT2D eigenvalue weighted by Crippen LogP contribution is 2.35. The van der Waals surface area contributed by atoms with E-state index in [9.17, 15) is 9.59 Å². The van der Waals surface area contributed by atoms with E-state index in [2.05, 4.69) is 26.0 Å². The van der Waals surface area contributed by atoms with Crippen molar-refractivity contribution in [3.05, 3.63) is 71.7 Å². The third kappa shape index (κ3) is 4.11. The lowest BCUT2D eigenvalue weighted by atomic mass is 9.94. The van der Waals surface area contributed by atoms with Crippen LogP contribution < -0.4 is 20.7 Å². The fourth-order valence-corrected chi connectivity index (χ4v) is 3.52. The van der Waals surface area contributed by atoms with Crippen LogP contribution in [0.25, 0.3) is 0 Å². The molecular formula is C22H22N6O3. The van der Waals surface area contributed by atoms with E-state index in [-0.39, 0.29) is 11.8 Å². The van der Waals surface area contributed by atoms with Gasteiger partial charge in [0.05, 0.1) is 12.7 Å². The van der Waals surface area contributed by atoms with Crippen LogP contribution in [0.1, 0.15) is 25.5 Å². The van der Waals surface area contributed by atoms with Crippen molar-refractivity contribution in [1.29, 1.82) is 0 Å². The van der Waals surface area contributed by atoms with Gasteiger partial charge in [-0.3, -0.25) is 9.59 Å².